The maximum absolute atomic E-state index is 11.7. The van der Waals surface area contributed by atoms with Crippen molar-refractivity contribution in [3.8, 4) is 5.75 Å². The third-order valence-corrected chi connectivity index (χ3v) is 5.34. The normalized spacial score (nSPS) is 14.1. The van der Waals surface area contributed by atoms with E-state index in [0.717, 1.165) is 19.6 Å². The smallest absolute Gasteiger partial charge is 0.250 e. The van der Waals surface area contributed by atoms with Crippen molar-refractivity contribution in [1.82, 2.24) is 9.88 Å². The van der Waals surface area contributed by atoms with Crippen LogP contribution in [0, 0.1) is 0 Å². The van der Waals surface area contributed by atoms with Gasteiger partial charge in [-0.15, -0.1) is 0 Å². The molecule has 2 heterocycles. The molecule has 2 amide bonds. The van der Waals surface area contributed by atoms with Crippen LogP contribution < -0.4 is 38.3 Å². The van der Waals surface area contributed by atoms with Crippen LogP contribution in [0.1, 0.15) is 20.7 Å². The monoisotopic (exact) mass is 484 g/mol. The molecule has 0 atom stereocenters. The third kappa shape index (κ3) is 7.48. The molecule has 188 valence electrons. The minimum atomic E-state index is -0.589. The number of anilines is 4. The number of aromatic nitrogens is 1. The average Bonchev–Trinajstić information content (AvgIpc) is 2.83. The van der Waals surface area contributed by atoms with Crippen LogP contribution in [0.2, 0.25) is 0 Å². The summed E-state index contributed by atoms with van der Waals surface area (Å²) in [6.07, 6.45) is 5.13. The molecule has 0 unspecified atom stereocenters. The molecular formula is C23H32N8O4. The highest BCUT2D eigenvalue weighted by molar-refractivity contribution is 5.96. The Hall–Kier alpha value is -4.03. The van der Waals surface area contributed by atoms with Gasteiger partial charge in [-0.3, -0.25) is 14.5 Å². The van der Waals surface area contributed by atoms with E-state index in [9.17, 15) is 9.59 Å². The number of ether oxygens (including phenoxy) is 2. The molecule has 1 aromatic heterocycles. The van der Waals surface area contributed by atoms with Crippen LogP contribution in [0.25, 0.3) is 0 Å². The maximum Gasteiger partial charge on any atom is 0.250 e. The molecule has 0 aliphatic carbocycles. The first-order chi connectivity index (χ1) is 16.8. The van der Waals surface area contributed by atoms with Crippen LogP contribution in [-0.4, -0.2) is 74.2 Å². The van der Waals surface area contributed by atoms with E-state index in [2.05, 4.69) is 20.5 Å². The Labute approximate surface area is 203 Å². The molecule has 3 rings (SSSR count). The number of amides is 2. The van der Waals surface area contributed by atoms with E-state index in [1.807, 2.05) is 12.2 Å². The predicted octanol–water partition coefficient (Wildman–Crippen LogP) is 0.235. The van der Waals surface area contributed by atoms with Gasteiger partial charge in [0.05, 0.1) is 30.2 Å². The highest BCUT2D eigenvalue weighted by atomic mass is 16.5. The van der Waals surface area contributed by atoms with Gasteiger partial charge in [0.15, 0.2) is 0 Å². The van der Waals surface area contributed by atoms with Crippen LogP contribution in [0.5, 0.6) is 5.75 Å². The molecular weight excluding hydrogens is 452 g/mol. The largest absolute Gasteiger partial charge is 0.490 e. The molecule has 0 bridgehead atoms. The molecule has 1 aromatic carbocycles. The molecule has 0 saturated carbocycles. The molecule has 0 radical (unpaired) electrons. The lowest BCUT2D eigenvalue weighted by Crippen LogP contribution is -2.38. The number of carbonyl (C=O) groups excluding carboxylic acids is 2. The molecule has 1 saturated heterocycles. The summed E-state index contributed by atoms with van der Waals surface area (Å²) in [7, 11) is 0. The highest BCUT2D eigenvalue weighted by Crippen LogP contribution is 2.32. The van der Waals surface area contributed by atoms with Crippen molar-refractivity contribution in [3.63, 3.8) is 0 Å². The van der Waals surface area contributed by atoms with Gasteiger partial charge in [0, 0.05) is 44.5 Å². The zero-order valence-corrected chi connectivity index (χ0v) is 19.5. The first-order valence-corrected chi connectivity index (χ1v) is 11.2. The van der Waals surface area contributed by atoms with E-state index in [1.165, 1.54) is 18.3 Å². The molecule has 1 fully saturated rings. The van der Waals surface area contributed by atoms with E-state index in [0.29, 0.717) is 61.5 Å². The number of nitrogen functional groups attached to an aromatic ring is 2. The summed E-state index contributed by atoms with van der Waals surface area (Å²) in [5.41, 5.74) is 24.5. The van der Waals surface area contributed by atoms with Crippen molar-refractivity contribution in [3.05, 3.63) is 47.7 Å². The molecule has 1 aliphatic rings. The van der Waals surface area contributed by atoms with E-state index < -0.39 is 11.8 Å². The number of hydrogen-bond donors (Lipinski definition) is 6. The van der Waals surface area contributed by atoms with Crippen LogP contribution in [0.3, 0.4) is 0 Å². The number of carbonyl (C=O) groups is 2. The summed E-state index contributed by atoms with van der Waals surface area (Å²) in [5, 5.41) is 6.29. The Morgan fingerprint density at radius 2 is 1.66 bits per heavy atom. The van der Waals surface area contributed by atoms with E-state index in [4.69, 9.17) is 32.4 Å². The van der Waals surface area contributed by atoms with Crippen molar-refractivity contribution in [2.75, 3.05) is 74.6 Å². The van der Waals surface area contributed by atoms with Crippen molar-refractivity contribution >= 4 is 34.7 Å². The zero-order chi connectivity index (χ0) is 25.2. The van der Waals surface area contributed by atoms with Crippen molar-refractivity contribution in [2.45, 2.75) is 0 Å². The Bertz CT molecular complexity index is 1070. The van der Waals surface area contributed by atoms with Gasteiger partial charge in [0.1, 0.15) is 23.9 Å². The Kier molecular flexibility index (Phi) is 9.09. The van der Waals surface area contributed by atoms with Crippen LogP contribution in [0.15, 0.2) is 36.5 Å². The third-order valence-electron chi connectivity index (χ3n) is 5.34. The van der Waals surface area contributed by atoms with Gasteiger partial charge in [-0.2, -0.15) is 0 Å². The fraction of sp³-hybridized carbons (Fsp3) is 0.348. The molecule has 12 nitrogen and oxygen atoms in total. The number of nitrogens with one attached hydrogen (secondary N) is 2. The van der Waals surface area contributed by atoms with Crippen molar-refractivity contribution in [1.29, 1.82) is 0 Å². The summed E-state index contributed by atoms with van der Waals surface area (Å²) in [4.78, 5) is 29.2. The molecule has 12 heteroatoms. The number of nitrogens with two attached hydrogens (primary N) is 4. The lowest BCUT2D eigenvalue weighted by atomic mass is 10.1. The van der Waals surface area contributed by atoms with E-state index in [1.54, 1.807) is 6.07 Å². The predicted molar refractivity (Wildman–Crippen MR) is 135 cm³/mol. The van der Waals surface area contributed by atoms with Gasteiger partial charge in [-0.05, 0) is 18.2 Å². The summed E-state index contributed by atoms with van der Waals surface area (Å²) in [5.74, 6) is -0.252. The number of morpholine rings is 1. The topological polar surface area (TPSA) is 197 Å². The zero-order valence-electron chi connectivity index (χ0n) is 19.5. The number of pyridine rings is 1. The van der Waals surface area contributed by atoms with Gasteiger partial charge >= 0.3 is 0 Å². The van der Waals surface area contributed by atoms with Gasteiger partial charge in [0.25, 0.3) is 0 Å². The quantitative estimate of drug-likeness (QED) is 0.179. The van der Waals surface area contributed by atoms with Gasteiger partial charge < -0.3 is 43.0 Å². The molecule has 0 spiro atoms. The molecule has 2 aromatic rings. The summed E-state index contributed by atoms with van der Waals surface area (Å²) >= 11 is 0. The van der Waals surface area contributed by atoms with Gasteiger partial charge in [-0.25, -0.2) is 4.98 Å². The number of primary amides is 2. The maximum atomic E-state index is 11.7. The van der Waals surface area contributed by atoms with E-state index >= 15 is 0 Å². The van der Waals surface area contributed by atoms with Crippen molar-refractivity contribution in [2.24, 2.45) is 11.5 Å². The number of benzene rings is 1. The minimum Gasteiger partial charge on any atom is -0.490 e. The second-order valence-corrected chi connectivity index (χ2v) is 7.86. The lowest BCUT2D eigenvalue weighted by molar-refractivity contribution is 0.0323. The molecule has 1 aliphatic heterocycles. The van der Waals surface area contributed by atoms with Crippen LogP contribution in [-0.2, 0) is 4.74 Å². The second-order valence-electron chi connectivity index (χ2n) is 7.86. The summed E-state index contributed by atoms with van der Waals surface area (Å²) < 4.78 is 11.3. The number of hydrogen-bond acceptors (Lipinski definition) is 10. The van der Waals surface area contributed by atoms with Gasteiger partial charge in [-0.1, -0.05) is 12.2 Å². The van der Waals surface area contributed by atoms with Crippen LogP contribution in [0.4, 0.5) is 22.9 Å². The highest BCUT2D eigenvalue weighted by Gasteiger charge is 2.14. The summed E-state index contributed by atoms with van der Waals surface area (Å²) in [6.45, 7) is 5.18. The standard InChI is InChI=1S/C23H32N8O4/c24-17-11-15(21(26)32)13-19(35-10-7-31-5-8-34-9-6-31)20(17)28-3-1-2-4-29-23-18(25)12-16(14-30-23)22(27)33/h1-2,11-14,28H,3-10,24-25H2,(H2,26,32)(H2,27,33)(H,29,30). The molecule has 10 N–H and O–H groups in total. The number of nitrogens with zero attached hydrogens (tertiary/aromatic N) is 2. The second kappa shape index (κ2) is 12.4. The Morgan fingerprint density at radius 1 is 1.00 bits per heavy atom. The van der Waals surface area contributed by atoms with E-state index in [-0.39, 0.29) is 11.1 Å². The fourth-order valence-corrected chi connectivity index (χ4v) is 3.44. The van der Waals surface area contributed by atoms with Crippen LogP contribution >= 0.6 is 0 Å². The SMILES string of the molecule is NC(=O)c1cnc(NCC=CCNc2c(N)cc(C(N)=O)cc2OCCN2CCOCC2)c(N)c1. The van der Waals surface area contributed by atoms with Gasteiger partial charge in [0.2, 0.25) is 11.8 Å². The number of rotatable bonds is 12. The first-order valence-electron chi connectivity index (χ1n) is 11.2. The average molecular weight is 485 g/mol. The van der Waals surface area contributed by atoms with Crippen molar-refractivity contribution < 1.29 is 19.1 Å². The summed E-state index contributed by atoms with van der Waals surface area (Å²) in [6, 6.07) is 4.59. The lowest BCUT2D eigenvalue weighted by Gasteiger charge is -2.26. The minimum absolute atomic E-state index is 0.246. The Morgan fingerprint density at radius 3 is 2.31 bits per heavy atom. The Balaban J connectivity index is 1.55. The first kappa shape index (κ1) is 25.6. The fourth-order valence-electron chi connectivity index (χ4n) is 3.44. The molecule has 35 heavy (non-hydrogen) atoms.